The molecule has 1 amide bonds. The lowest BCUT2D eigenvalue weighted by molar-refractivity contribution is -0.125. The van der Waals surface area contributed by atoms with Gasteiger partial charge >= 0.3 is 0 Å². The van der Waals surface area contributed by atoms with Crippen molar-refractivity contribution in [3.8, 4) is 11.5 Å². The van der Waals surface area contributed by atoms with E-state index in [1.54, 1.807) is 18.2 Å². The Balaban J connectivity index is 0.00000225. The number of benzene rings is 1. The summed E-state index contributed by atoms with van der Waals surface area (Å²) < 4.78 is 10.9. The zero-order chi connectivity index (χ0) is 16.9. The van der Waals surface area contributed by atoms with Crippen LogP contribution >= 0.6 is 12.4 Å². The van der Waals surface area contributed by atoms with Gasteiger partial charge in [0.15, 0.2) is 11.5 Å². The van der Waals surface area contributed by atoms with E-state index >= 15 is 0 Å². The van der Waals surface area contributed by atoms with E-state index in [1.807, 2.05) is 0 Å². The summed E-state index contributed by atoms with van der Waals surface area (Å²) in [5.74, 6) is 1.30. The van der Waals surface area contributed by atoms with E-state index in [4.69, 9.17) is 15.2 Å². The maximum Gasteiger partial charge on any atom is 0.254 e. The standard InChI is InChI=1S/C18H26N2O4.ClH/c19-14(10-12-4-2-1-3-5-12)17(21)18(22)20-13-6-7-15-16(11-13)24-9-8-23-15;/h6-7,11-12,14,17,21H,1-5,8-10,19H2,(H,20,22);1H/t14-,17?;/m1./s1. The quantitative estimate of drug-likeness (QED) is 0.740. The second kappa shape index (κ2) is 9.27. The maximum atomic E-state index is 12.3. The van der Waals surface area contributed by atoms with Crippen LogP contribution < -0.4 is 20.5 Å². The highest BCUT2D eigenvalue weighted by Crippen LogP contribution is 2.32. The van der Waals surface area contributed by atoms with Crippen molar-refractivity contribution >= 4 is 24.0 Å². The van der Waals surface area contributed by atoms with E-state index in [0.29, 0.717) is 42.7 Å². The number of nitrogens with two attached hydrogens (primary N) is 1. The van der Waals surface area contributed by atoms with E-state index < -0.39 is 18.1 Å². The third-order valence-electron chi connectivity index (χ3n) is 4.81. The molecule has 1 aromatic carbocycles. The predicted octanol–water partition coefficient (Wildman–Crippen LogP) is 2.48. The van der Waals surface area contributed by atoms with Crippen molar-refractivity contribution in [3.63, 3.8) is 0 Å². The fraction of sp³-hybridized carbons (Fsp3) is 0.611. The van der Waals surface area contributed by atoms with Gasteiger partial charge in [0.1, 0.15) is 19.3 Å². The highest BCUT2D eigenvalue weighted by molar-refractivity contribution is 5.94. The number of fused-ring (bicyclic) bond motifs is 1. The molecule has 1 fully saturated rings. The highest BCUT2D eigenvalue weighted by Gasteiger charge is 2.27. The lowest BCUT2D eigenvalue weighted by Crippen LogP contribution is -2.44. The van der Waals surface area contributed by atoms with Gasteiger partial charge in [-0.3, -0.25) is 4.79 Å². The van der Waals surface area contributed by atoms with Gasteiger partial charge in [-0.15, -0.1) is 12.4 Å². The van der Waals surface area contributed by atoms with Crippen LogP contribution in [0.3, 0.4) is 0 Å². The number of anilines is 1. The molecule has 2 aliphatic rings. The minimum atomic E-state index is -1.21. The van der Waals surface area contributed by atoms with Gasteiger partial charge in [0.05, 0.1) is 0 Å². The van der Waals surface area contributed by atoms with Crippen molar-refractivity contribution in [1.82, 2.24) is 0 Å². The van der Waals surface area contributed by atoms with Crippen molar-refractivity contribution in [1.29, 1.82) is 0 Å². The number of nitrogens with one attached hydrogen (secondary N) is 1. The second-order valence-corrected chi connectivity index (χ2v) is 6.70. The number of aliphatic hydroxyl groups is 1. The largest absolute Gasteiger partial charge is 0.486 e. The first-order valence-electron chi connectivity index (χ1n) is 8.77. The number of rotatable bonds is 5. The van der Waals surface area contributed by atoms with Crippen LogP contribution in [0.4, 0.5) is 5.69 Å². The van der Waals surface area contributed by atoms with Crippen molar-refractivity contribution in [2.45, 2.75) is 50.7 Å². The number of carbonyl (C=O) groups is 1. The van der Waals surface area contributed by atoms with Gasteiger partial charge in [0.25, 0.3) is 5.91 Å². The molecule has 0 saturated heterocycles. The summed E-state index contributed by atoms with van der Waals surface area (Å²) in [6.45, 7) is 1.01. The zero-order valence-electron chi connectivity index (χ0n) is 14.3. The van der Waals surface area contributed by atoms with Gasteiger partial charge in [-0.1, -0.05) is 32.1 Å². The summed E-state index contributed by atoms with van der Waals surface area (Å²) in [6.07, 6.45) is 5.48. The second-order valence-electron chi connectivity index (χ2n) is 6.70. The normalized spacial score (nSPS) is 19.4. The molecule has 0 aromatic heterocycles. The molecule has 4 N–H and O–H groups in total. The lowest BCUT2D eigenvalue weighted by Gasteiger charge is -2.26. The number of halogens is 1. The molecule has 1 aliphatic carbocycles. The zero-order valence-corrected chi connectivity index (χ0v) is 15.1. The number of ether oxygens (including phenoxy) is 2. The van der Waals surface area contributed by atoms with Crippen LogP contribution in [-0.2, 0) is 4.79 Å². The SMILES string of the molecule is Cl.N[C@H](CC1CCCCC1)C(O)C(=O)Nc1ccc2c(c1)OCCO2. The van der Waals surface area contributed by atoms with E-state index in [0.717, 1.165) is 12.8 Å². The molecule has 6 nitrogen and oxygen atoms in total. The van der Waals surface area contributed by atoms with Crippen LogP contribution in [-0.4, -0.2) is 36.4 Å². The Morgan fingerprint density at radius 1 is 1.20 bits per heavy atom. The van der Waals surface area contributed by atoms with Gasteiger partial charge < -0.3 is 25.6 Å². The van der Waals surface area contributed by atoms with Gasteiger partial charge in [-0.05, 0) is 24.5 Å². The molecule has 1 aliphatic heterocycles. The van der Waals surface area contributed by atoms with Crippen molar-refractivity contribution in [2.75, 3.05) is 18.5 Å². The minimum absolute atomic E-state index is 0. The van der Waals surface area contributed by atoms with E-state index in [1.165, 1.54) is 19.3 Å². The van der Waals surface area contributed by atoms with E-state index in [-0.39, 0.29) is 12.4 Å². The fourth-order valence-corrected chi connectivity index (χ4v) is 3.47. The summed E-state index contributed by atoms with van der Waals surface area (Å²) >= 11 is 0. The Morgan fingerprint density at radius 2 is 1.88 bits per heavy atom. The van der Waals surface area contributed by atoms with Crippen LogP contribution in [0.15, 0.2) is 18.2 Å². The molecule has 1 saturated carbocycles. The summed E-state index contributed by atoms with van der Waals surface area (Å²) in [7, 11) is 0. The maximum absolute atomic E-state index is 12.3. The van der Waals surface area contributed by atoms with Crippen molar-refractivity contribution in [3.05, 3.63) is 18.2 Å². The van der Waals surface area contributed by atoms with Gasteiger partial charge in [-0.25, -0.2) is 0 Å². The van der Waals surface area contributed by atoms with Crippen LogP contribution in [0.1, 0.15) is 38.5 Å². The number of aliphatic hydroxyl groups excluding tert-OH is 1. The monoisotopic (exact) mass is 370 g/mol. The smallest absolute Gasteiger partial charge is 0.254 e. The topological polar surface area (TPSA) is 93.8 Å². The molecule has 140 valence electrons. The minimum Gasteiger partial charge on any atom is -0.486 e. The number of hydrogen-bond donors (Lipinski definition) is 3. The summed E-state index contributed by atoms with van der Waals surface area (Å²) in [5.41, 5.74) is 6.62. The van der Waals surface area contributed by atoms with Crippen LogP contribution in [0, 0.1) is 5.92 Å². The summed E-state index contributed by atoms with van der Waals surface area (Å²) in [4.78, 5) is 12.3. The molecule has 0 spiro atoms. The fourth-order valence-electron chi connectivity index (χ4n) is 3.47. The van der Waals surface area contributed by atoms with Gasteiger partial charge in [0.2, 0.25) is 0 Å². The molecular weight excluding hydrogens is 344 g/mol. The van der Waals surface area contributed by atoms with Crippen LogP contribution in [0.2, 0.25) is 0 Å². The molecule has 1 heterocycles. The van der Waals surface area contributed by atoms with Gasteiger partial charge in [0, 0.05) is 17.8 Å². The molecule has 1 unspecified atom stereocenters. The third-order valence-corrected chi connectivity index (χ3v) is 4.81. The van der Waals surface area contributed by atoms with E-state index in [9.17, 15) is 9.90 Å². The first-order chi connectivity index (χ1) is 11.6. The average molecular weight is 371 g/mol. The van der Waals surface area contributed by atoms with Crippen LogP contribution in [0.25, 0.3) is 0 Å². The molecule has 3 rings (SSSR count). The molecular formula is C18H27ClN2O4. The Kier molecular flexibility index (Phi) is 7.35. The van der Waals surface area contributed by atoms with E-state index in [2.05, 4.69) is 5.32 Å². The average Bonchev–Trinajstić information content (AvgIpc) is 2.61. The molecule has 0 bridgehead atoms. The first-order valence-corrected chi connectivity index (χ1v) is 8.77. The van der Waals surface area contributed by atoms with Crippen molar-refractivity contribution in [2.24, 2.45) is 11.7 Å². The van der Waals surface area contributed by atoms with Crippen LogP contribution in [0.5, 0.6) is 11.5 Å². The first kappa shape index (κ1) is 19.8. The number of hydrogen-bond acceptors (Lipinski definition) is 5. The molecule has 2 atom stereocenters. The van der Waals surface area contributed by atoms with Crippen molar-refractivity contribution < 1.29 is 19.4 Å². The Morgan fingerprint density at radius 3 is 2.60 bits per heavy atom. The summed E-state index contributed by atoms with van der Waals surface area (Å²) in [6, 6.07) is 4.64. The Labute approximate surface area is 154 Å². The summed E-state index contributed by atoms with van der Waals surface area (Å²) in [5, 5.41) is 12.9. The highest BCUT2D eigenvalue weighted by atomic mass is 35.5. The predicted molar refractivity (Wildman–Crippen MR) is 98.5 cm³/mol. The molecule has 25 heavy (non-hydrogen) atoms. The van der Waals surface area contributed by atoms with Gasteiger partial charge in [-0.2, -0.15) is 0 Å². The number of carbonyl (C=O) groups excluding carboxylic acids is 1. The lowest BCUT2D eigenvalue weighted by atomic mass is 9.84. The molecule has 0 radical (unpaired) electrons. The number of amides is 1. The third kappa shape index (κ3) is 5.23. The molecule has 7 heteroatoms. The molecule has 1 aromatic rings. The Hall–Kier alpha value is -1.50. The Bertz CT molecular complexity index is 578.